The highest BCUT2D eigenvalue weighted by molar-refractivity contribution is 9.10. The van der Waals surface area contributed by atoms with Gasteiger partial charge in [-0.3, -0.25) is 0 Å². The van der Waals surface area contributed by atoms with Gasteiger partial charge in [-0.15, -0.1) is 0 Å². The Morgan fingerprint density at radius 3 is 2.65 bits per heavy atom. The minimum Gasteiger partial charge on any atom is -0.312 e. The Morgan fingerprint density at radius 1 is 1.30 bits per heavy atom. The van der Waals surface area contributed by atoms with Crippen LogP contribution < -0.4 is 5.32 Å². The predicted octanol–water partition coefficient (Wildman–Crippen LogP) is 5.14. The molecular weight excluding hydrogens is 330 g/mol. The van der Waals surface area contributed by atoms with Crippen molar-refractivity contribution in [2.24, 2.45) is 5.92 Å². The van der Waals surface area contributed by atoms with E-state index < -0.39 is 0 Å². The second-order valence-electron chi connectivity index (χ2n) is 6.32. The van der Waals surface area contributed by atoms with Gasteiger partial charge in [0.2, 0.25) is 0 Å². The third kappa shape index (κ3) is 8.33. The van der Waals surface area contributed by atoms with Crippen molar-refractivity contribution in [2.75, 3.05) is 18.1 Å². The van der Waals surface area contributed by atoms with Gasteiger partial charge in [-0.1, -0.05) is 35.0 Å². The zero-order valence-corrected chi connectivity index (χ0v) is 15.6. The van der Waals surface area contributed by atoms with Gasteiger partial charge in [-0.05, 0) is 75.3 Å². The molecule has 114 valence electrons. The number of hydrogen-bond donors (Lipinski definition) is 1. The lowest BCUT2D eigenvalue weighted by molar-refractivity contribution is 0.364. The van der Waals surface area contributed by atoms with Crippen molar-refractivity contribution < 1.29 is 0 Å². The second kappa shape index (κ2) is 9.11. The van der Waals surface area contributed by atoms with Crippen LogP contribution in [0.3, 0.4) is 0 Å². The second-order valence-corrected chi connectivity index (χ2v) is 8.63. The van der Waals surface area contributed by atoms with Crippen LogP contribution in [0.25, 0.3) is 0 Å². The van der Waals surface area contributed by atoms with Gasteiger partial charge < -0.3 is 5.32 Å². The van der Waals surface area contributed by atoms with E-state index in [0.29, 0.717) is 5.92 Å². The maximum atomic E-state index is 3.66. The summed E-state index contributed by atoms with van der Waals surface area (Å²) in [6.07, 6.45) is 2.45. The van der Waals surface area contributed by atoms with Crippen LogP contribution >= 0.6 is 27.7 Å². The van der Waals surface area contributed by atoms with Gasteiger partial charge in [0.05, 0.1) is 0 Å². The highest BCUT2D eigenvalue weighted by Gasteiger charge is 2.15. The molecule has 1 aromatic rings. The summed E-state index contributed by atoms with van der Waals surface area (Å²) >= 11 is 5.61. The van der Waals surface area contributed by atoms with Gasteiger partial charge >= 0.3 is 0 Å². The Labute approximate surface area is 137 Å². The maximum Gasteiger partial charge on any atom is 0.0177 e. The standard InChI is InChI=1S/C17H28BrNS/c1-5-20-10-9-15(13-19-17(2,3)4)11-14-7-6-8-16(18)12-14/h6-8,12,15,19H,5,9-11,13H2,1-4H3. The van der Waals surface area contributed by atoms with Crippen LogP contribution in [0.2, 0.25) is 0 Å². The summed E-state index contributed by atoms with van der Waals surface area (Å²) in [4.78, 5) is 0. The Bertz CT molecular complexity index is 387. The molecule has 1 atom stereocenters. The summed E-state index contributed by atoms with van der Waals surface area (Å²) in [5, 5.41) is 3.66. The molecule has 0 aliphatic heterocycles. The highest BCUT2D eigenvalue weighted by atomic mass is 79.9. The molecule has 0 heterocycles. The fourth-order valence-corrected chi connectivity index (χ4v) is 3.35. The zero-order valence-electron chi connectivity index (χ0n) is 13.2. The van der Waals surface area contributed by atoms with E-state index in [2.05, 4.69) is 73.2 Å². The molecule has 1 aromatic carbocycles. The van der Waals surface area contributed by atoms with E-state index in [4.69, 9.17) is 0 Å². The van der Waals surface area contributed by atoms with Crippen LogP contribution in [0, 0.1) is 5.92 Å². The van der Waals surface area contributed by atoms with E-state index in [9.17, 15) is 0 Å². The summed E-state index contributed by atoms with van der Waals surface area (Å²) in [6, 6.07) is 8.71. The van der Waals surface area contributed by atoms with Crippen LogP contribution in [-0.4, -0.2) is 23.6 Å². The molecule has 0 bridgehead atoms. The molecule has 1 unspecified atom stereocenters. The average Bonchev–Trinajstić information content (AvgIpc) is 2.35. The number of thioether (sulfide) groups is 1. The maximum absolute atomic E-state index is 3.66. The first-order chi connectivity index (χ1) is 9.40. The SMILES string of the molecule is CCSCCC(CNC(C)(C)C)Cc1cccc(Br)c1. The first-order valence-electron chi connectivity index (χ1n) is 7.48. The molecule has 1 nitrogen and oxygen atoms in total. The molecule has 0 aliphatic carbocycles. The molecule has 0 aromatic heterocycles. The molecule has 1 rings (SSSR count). The normalized spacial score (nSPS) is 13.4. The number of nitrogens with one attached hydrogen (secondary N) is 1. The fraction of sp³-hybridized carbons (Fsp3) is 0.647. The summed E-state index contributed by atoms with van der Waals surface area (Å²) in [7, 11) is 0. The van der Waals surface area contributed by atoms with Crippen molar-refractivity contribution in [1.29, 1.82) is 0 Å². The third-order valence-electron chi connectivity index (χ3n) is 3.21. The average molecular weight is 358 g/mol. The summed E-state index contributed by atoms with van der Waals surface area (Å²) in [5.41, 5.74) is 1.63. The molecule has 1 N–H and O–H groups in total. The molecular formula is C17H28BrNS. The molecule has 0 spiro atoms. The fourth-order valence-electron chi connectivity index (χ4n) is 2.12. The Morgan fingerprint density at radius 2 is 2.05 bits per heavy atom. The van der Waals surface area contributed by atoms with Crippen molar-refractivity contribution in [3.63, 3.8) is 0 Å². The molecule has 0 radical (unpaired) electrons. The van der Waals surface area contributed by atoms with Crippen molar-refractivity contribution in [1.82, 2.24) is 5.32 Å². The van der Waals surface area contributed by atoms with Gasteiger partial charge in [-0.2, -0.15) is 11.8 Å². The van der Waals surface area contributed by atoms with Crippen molar-refractivity contribution in [3.8, 4) is 0 Å². The quantitative estimate of drug-likeness (QED) is 0.646. The number of hydrogen-bond acceptors (Lipinski definition) is 2. The van der Waals surface area contributed by atoms with Gasteiger partial charge in [0, 0.05) is 10.0 Å². The number of rotatable bonds is 8. The highest BCUT2D eigenvalue weighted by Crippen LogP contribution is 2.19. The van der Waals surface area contributed by atoms with Crippen LogP contribution in [-0.2, 0) is 6.42 Å². The van der Waals surface area contributed by atoms with Crippen molar-refractivity contribution >= 4 is 27.7 Å². The predicted molar refractivity (Wildman–Crippen MR) is 96.7 cm³/mol. The van der Waals surface area contributed by atoms with Crippen LogP contribution in [0.1, 0.15) is 39.7 Å². The topological polar surface area (TPSA) is 12.0 Å². The van der Waals surface area contributed by atoms with Gasteiger partial charge in [0.25, 0.3) is 0 Å². The molecule has 0 fully saturated rings. The minimum absolute atomic E-state index is 0.202. The van der Waals surface area contributed by atoms with Crippen LogP contribution in [0.15, 0.2) is 28.7 Å². The van der Waals surface area contributed by atoms with E-state index in [1.165, 1.54) is 28.0 Å². The van der Waals surface area contributed by atoms with Crippen molar-refractivity contribution in [2.45, 2.75) is 46.1 Å². The number of benzene rings is 1. The summed E-state index contributed by atoms with van der Waals surface area (Å²) < 4.78 is 1.18. The molecule has 3 heteroatoms. The molecule has 20 heavy (non-hydrogen) atoms. The van der Waals surface area contributed by atoms with Gasteiger partial charge in [-0.25, -0.2) is 0 Å². The lowest BCUT2D eigenvalue weighted by atomic mass is 9.95. The molecule has 0 aliphatic rings. The first kappa shape index (κ1) is 18.1. The van der Waals surface area contributed by atoms with Crippen molar-refractivity contribution in [3.05, 3.63) is 34.3 Å². The number of halogens is 1. The summed E-state index contributed by atoms with van der Waals surface area (Å²) in [6.45, 7) is 10.1. The van der Waals surface area contributed by atoms with E-state index in [1.807, 2.05) is 11.8 Å². The van der Waals surface area contributed by atoms with E-state index in [1.54, 1.807) is 0 Å². The van der Waals surface area contributed by atoms with E-state index >= 15 is 0 Å². The first-order valence-corrected chi connectivity index (χ1v) is 9.42. The van der Waals surface area contributed by atoms with Gasteiger partial charge in [0.1, 0.15) is 0 Å². The van der Waals surface area contributed by atoms with Crippen LogP contribution in [0.5, 0.6) is 0 Å². The lowest BCUT2D eigenvalue weighted by Crippen LogP contribution is -2.39. The molecule has 0 saturated carbocycles. The summed E-state index contributed by atoms with van der Waals surface area (Å²) in [5.74, 6) is 3.19. The molecule has 0 saturated heterocycles. The largest absolute Gasteiger partial charge is 0.312 e. The lowest BCUT2D eigenvalue weighted by Gasteiger charge is -2.25. The monoisotopic (exact) mass is 357 g/mol. The Kier molecular flexibility index (Phi) is 8.23. The Balaban J connectivity index is 2.56. The van der Waals surface area contributed by atoms with E-state index in [-0.39, 0.29) is 5.54 Å². The smallest absolute Gasteiger partial charge is 0.0177 e. The zero-order chi connectivity index (χ0) is 15.0. The minimum atomic E-state index is 0.202. The third-order valence-corrected chi connectivity index (χ3v) is 4.63. The Hall–Kier alpha value is 0.01000. The van der Waals surface area contributed by atoms with Crippen LogP contribution in [0.4, 0.5) is 0 Å². The van der Waals surface area contributed by atoms with E-state index in [0.717, 1.165) is 13.0 Å². The molecule has 0 amide bonds. The van der Waals surface area contributed by atoms with Gasteiger partial charge in [0.15, 0.2) is 0 Å².